The average molecular weight is 429 g/mol. The number of allylic oxidation sites excluding steroid dienone is 4. The summed E-state index contributed by atoms with van der Waals surface area (Å²) in [5, 5.41) is 30.0. The number of benzene rings is 1. The standard InChI is InChI=1S/C27H40O4/c1-18(2)15-24(29)25(30)20(4)11-7-9-19(3)10-8-13-27(6)14-12-22-17-23(28)16-21(5)26(22)31-27/h10-11,15-17,24-25,28-30H,7-9,12-14H2,1-6H3/b19-10+,20-11+/t24-,25-,27-/m0/s1. The van der Waals surface area contributed by atoms with Crippen LogP contribution in [0.5, 0.6) is 11.5 Å². The van der Waals surface area contributed by atoms with Gasteiger partial charge < -0.3 is 20.1 Å². The summed E-state index contributed by atoms with van der Waals surface area (Å²) in [4.78, 5) is 0. The molecule has 172 valence electrons. The second-order valence-corrected chi connectivity index (χ2v) is 9.56. The highest BCUT2D eigenvalue weighted by molar-refractivity contribution is 5.47. The normalized spacial score (nSPS) is 21.2. The van der Waals surface area contributed by atoms with Crippen LogP contribution in [0.2, 0.25) is 0 Å². The van der Waals surface area contributed by atoms with Gasteiger partial charge in [0.25, 0.3) is 0 Å². The van der Waals surface area contributed by atoms with Gasteiger partial charge in [0.1, 0.15) is 29.3 Å². The molecule has 31 heavy (non-hydrogen) atoms. The molecule has 0 fully saturated rings. The van der Waals surface area contributed by atoms with E-state index >= 15 is 0 Å². The van der Waals surface area contributed by atoms with Crippen molar-refractivity contribution in [3.63, 3.8) is 0 Å². The summed E-state index contributed by atoms with van der Waals surface area (Å²) in [6, 6.07) is 3.58. The first kappa shape index (κ1) is 25.2. The number of aromatic hydroxyl groups is 1. The van der Waals surface area contributed by atoms with Gasteiger partial charge in [-0.15, -0.1) is 0 Å². The average Bonchev–Trinajstić information content (AvgIpc) is 2.67. The Kier molecular flexibility index (Phi) is 8.96. The quantitative estimate of drug-likeness (QED) is 0.427. The maximum Gasteiger partial charge on any atom is 0.126 e. The van der Waals surface area contributed by atoms with E-state index < -0.39 is 12.2 Å². The zero-order chi connectivity index (χ0) is 23.2. The number of phenols is 1. The van der Waals surface area contributed by atoms with Gasteiger partial charge in [-0.05, 0) is 109 Å². The van der Waals surface area contributed by atoms with Gasteiger partial charge in [0.05, 0.1) is 0 Å². The van der Waals surface area contributed by atoms with Crippen LogP contribution in [0.3, 0.4) is 0 Å². The van der Waals surface area contributed by atoms with Crippen LogP contribution in [-0.2, 0) is 6.42 Å². The number of hydrogen-bond acceptors (Lipinski definition) is 4. The molecular weight excluding hydrogens is 388 g/mol. The summed E-state index contributed by atoms with van der Waals surface area (Å²) < 4.78 is 6.37. The third-order valence-corrected chi connectivity index (χ3v) is 6.07. The molecule has 0 amide bonds. The second kappa shape index (κ2) is 11.0. The van der Waals surface area contributed by atoms with Crippen molar-refractivity contribution in [1.29, 1.82) is 0 Å². The molecule has 3 N–H and O–H groups in total. The number of phenolic OH excluding ortho intramolecular Hbond substituents is 1. The lowest BCUT2D eigenvalue weighted by atomic mass is 9.87. The lowest BCUT2D eigenvalue weighted by molar-refractivity contribution is 0.0561. The first-order chi connectivity index (χ1) is 14.5. The topological polar surface area (TPSA) is 69.9 Å². The van der Waals surface area contributed by atoms with E-state index in [-0.39, 0.29) is 5.60 Å². The number of aryl methyl sites for hydroxylation is 2. The van der Waals surface area contributed by atoms with Crippen molar-refractivity contribution < 1.29 is 20.1 Å². The molecule has 4 nitrogen and oxygen atoms in total. The molecule has 0 aliphatic carbocycles. The number of aliphatic hydroxyl groups excluding tert-OH is 2. The van der Waals surface area contributed by atoms with E-state index in [0.29, 0.717) is 5.75 Å². The fourth-order valence-electron chi connectivity index (χ4n) is 4.11. The Morgan fingerprint density at radius 2 is 1.84 bits per heavy atom. The highest BCUT2D eigenvalue weighted by atomic mass is 16.5. The first-order valence-electron chi connectivity index (χ1n) is 11.4. The molecule has 0 saturated carbocycles. The monoisotopic (exact) mass is 428 g/mol. The van der Waals surface area contributed by atoms with Crippen molar-refractivity contribution in [3.8, 4) is 11.5 Å². The third kappa shape index (κ3) is 7.55. The lowest BCUT2D eigenvalue weighted by Crippen LogP contribution is -2.36. The van der Waals surface area contributed by atoms with E-state index in [1.54, 1.807) is 12.1 Å². The minimum Gasteiger partial charge on any atom is -0.508 e. The van der Waals surface area contributed by atoms with Crippen molar-refractivity contribution in [2.24, 2.45) is 0 Å². The number of aliphatic hydroxyl groups is 2. The van der Waals surface area contributed by atoms with Crippen molar-refractivity contribution in [2.45, 2.75) is 97.9 Å². The summed E-state index contributed by atoms with van der Waals surface area (Å²) in [5.41, 5.74) is 5.02. The van der Waals surface area contributed by atoms with Crippen molar-refractivity contribution in [1.82, 2.24) is 0 Å². The maximum absolute atomic E-state index is 10.2. The van der Waals surface area contributed by atoms with Gasteiger partial charge in [-0.3, -0.25) is 0 Å². The molecule has 0 aromatic heterocycles. The molecule has 1 heterocycles. The van der Waals surface area contributed by atoms with E-state index in [0.717, 1.165) is 66.5 Å². The van der Waals surface area contributed by atoms with Crippen molar-refractivity contribution in [3.05, 3.63) is 58.2 Å². The number of ether oxygens (including phenoxy) is 1. The molecular formula is C27H40O4. The number of fused-ring (bicyclic) bond motifs is 1. The molecule has 3 atom stereocenters. The maximum atomic E-state index is 10.2. The molecule has 0 radical (unpaired) electrons. The van der Waals surface area contributed by atoms with Gasteiger partial charge in [0.15, 0.2) is 0 Å². The smallest absolute Gasteiger partial charge is 0.126 e. The Morgan fingerprint density at radius 3 is 2.52 bits per heavy atom. The van der Waals surface area contributed by atoms with Gasteiger partial charge >= 0.3 is 0 Å². The third-order valence-electron chi connectivity index (χ3n) is 6.07. The SMILES string of the molecule is CC(C)=C[C@H](O)[C@@H](O)/C(C)=C/CC/C(C)=C/CC[C@@]1(C)CCc2cc(O)cc(C)c2O1. The van der Waals surface area contributed by atoms with E-state index in [4.69, 9.17) is 4.74 Å². The van der Waals surface area contributed by atoms with Crippen molar-refractivity contribution >= 4 is 0 Å². The summed E-state index contributed by atoms with van der Waals surface area (Å²) in [7, 11) is 0. The van der Waals surface area contributed by atoms with Crippen LogP contribution in [0.25, 0.3) is 0 Å². The minimum absolute atomic E-state index is 0.187. The van der Waals surface area contributed by atoms with Crippen LogP contribution in [0.4, 0.5) is 0 Å². The number of hydrogen-bond donors (Lipinski definition) is 3. The Bertz CT molecular complexity index is 845. The summed E-state index contributed by atoms with van der Waals surface area (Å²) >= 11 is 0. The van der Waals surface area contributed by atoms with Crippen molar-refractivity contribution in [2.75, 3.05) is 0 Å². The van der Waals surface area contributed by atoms with Crippen LogP contribution >= 0.6 is 0 Å². The highest BCUT2D eigenvalue weighted by Crippen LogP contribution is 2.39. The number of rotatable bonds is 9. The van der Waals surface area contributed by atoms with Gasteiger partial charge in [0.2, 0.25) is 0 Å². The summed E-state index contributed by atoms with van der Waals surface area (Å²) in [5.74, 6) is 1.24. The van der Waals surface area contributed by atoms with Gasteiger partial charge in [-0.1, -0.05) is 29.4 Å². The molecule has 1 aromatic rings. The predicted molar refractivity (Wildman–Crippen MR) is 128 cm³/mol. The molecule has 0 bridgehead atoms. The van der Waals surface area contributed by atoms with Crippen LogP contribution < -0.4 is 4.74 Å². The summed E-state index contributed by atoms with van der Waals surface area (Å²) in [6.07, 6.45) is 9.84. The minimum atomic E-state index is -0.855. The molecule has 2 rings (SSSR count). The molecule has 4 heteroatoms. The molecule has 0 spiro atoms. The molecule has 1 aliphatic rings. The Morgan fingerprint density at radius 1 is 1.13 bits per heavy atom. The predicted octanol–water partition coefficient (Wildman–Crippen LogP) is 5.93. The van der Waals surface area contributed by atoms with Gasteiger partial charge in [-0.25, -0.2) is 0 Å². The Hall–Kier alpha value is -2.04. The second-order valence-electron chi connectivity index (χ2n) is 9.56. The zero-order valence-electron chi connectivity index (χ0n) is 20.0. The van der Waals surface area contributed by atoms with E-state index in [2.05, 4.69) is 19.9 Å². The molecule has 0 saturated heterocycles. The van der Waals surface area contributed by atoms with Crippen LogP contribution in [0, 0.1) is 6.92 Å². The fourth-order valence-corrected chi connectivity index (χ4v) is 4.11. The molecule has 0 unspecified atom stereocenters. The highest BCUT2D eigenvalue weighted by Gasteiger charge is 2.32. The van der Waals surface area contributed by atoms with E-state index in [1.807, 2.05) is 39.8 Å². The van der Waals surface area contributed by atoms with Crippen LogP contribution in [0.15, 0.2) is 47.1 Å². The van der Waals surface area contributed by atoms with Crippen LogP contribution in [-0.4, -0.2) is 33.1 Å². The Balaban J connectivity index is 1.84. The fraction of sp³-hybridized carbons (Fsp3) is 0.556. The largest absolute Gasteiger partial charge is 0.508 e. The van der Waals surface area contributed by atoms with Gasteiger partial charge in [0, 0.05) is 0 Å². The molecule has 1 aromatic carbocycles. The van der Waals surface area contributed by atoms with Gasteiger partial charge in [-0.2, -0.15) is 0 Å². The zero-order valence-corrected chi connectivity index (χ0v) is 20.0. The Labute approximate surface area is 188 Å². The van der Waals surface area contributed by atoms with E-state index in [9.17, 15) is 15.3 Å². The summed E-state index contributed by atoms with van der Waals surface area (Å²) in [6.45, 7) is 12.0. The first-order valence-corrected chi connectivity index (χ1v) is 11.4. The van der Waals surface area contributed by atoms with Crippen LogP contribution in [0.1, 0.15) is 77.8 Å². The molecule has 1 aliphatic heterocycles. The lowest BCUT2D eigenvalue weighted by Gasteiger charge is -2.36. The van der Waals surface area contributed by atoms with E-state index in [1.165, 1.54) is 5.57 Å².